The number of ether oxygens (including phenoxy) is 1. The van der Waals surface area contributed by atoms with Crippen molar-refractivity contribution in [3.8, 4) is 0 Å². The fourth-order valence-corrected chi connectivity index (χ4v) is 2.12. The van der Waals surface area contributed by atoms with Crippen molar-refractivity contribution in [3.05, 3.63) is 41.9 Å². The Morgan fingerprint density at radius 2 is 2.04 bits per heavy atom. The first kappa shape index (κ1) is 16.6. The van der Waals surface area contributed by atoms with Gasteiger partial charge in [0.05, 0.1) is 16.7 Å². The third-order valence-corrected chi connectivity index (χ3v) is 3.08. The zero-order valence-corrected chi connectivity index (χ0v) is 14.0. The van der Waals surface area contributed by atoms with E-state index in [-0.39, 0.29) is 11.7 Å². The molecule has 0 unspecified atom stereocenters. The number of guanidine groups is 1. The molecule has 2 aromatic rings. The molecule has 0 saturated heterocycles. The van der Waals surface area contributed by atoms with Crippen LogP contribution in [0.15, 0.2) is 41.2 Å². The summed E-state index contributed by atoms with van der Waals surface area (Å²) in [5.74, 6) is -0.410. The highest BCUT2D eigenvalue weighted by Crippen LogP contribution is 2.14. The molecule has 0 fully saturated rings. The molecule has 1 aliphatic heterocycles. The number of carbonyl (C=O) groups excluding carboxylic acids is 2. The number of carbonyl (C=O) groups is 2. The predicted molar refractivity (Wildman–Crippen MR) is 92.5 cm³/mol. The molecule has 8 heteroatoms. The summed E-state index contributed by atoms with van der Waals surface area (Å²) in [6, 6.07) is 7.17. The number of nitrogens with one attached hydrogen (secondary N) is 2. The molecule has 128 valence electrons. The first-order chi connectivity index (χ1) is 11.8. The van der Waals surface area contributed by atoms with Gasteiger partial charge in [0.1, 0.15) is 11.3 Å². The maximum Gasteiger partial charge on any atom is 0.414 e. The fourth-order valence-electron chi connectivity index (χ4n) is 2.12. The number of aromatic nitrogens is 2. The standard InChI is InChI=1S/C17H17N5O3/c1-17(2,3)25-16(24)22-15-20-13(14(23)21-15)9-10-6-7-11-12(19-10)5-4-8-18-11/h4-9H,1-3H3,(H2,20,21,22,23,24)/b13-9+. The molecule has 25 heavy (non-hydrogen) atoms. The van der Waals surface area contributed by atoms with Crippen LogP contribution in [-0.2, 0) is 9.53 Å². The molecule has 2 aromatic heterocycles. The lowest BCUT2D eigenvalue weighted by molar-refractivity contribution is -0.115. The largest absolute Gasteiger partial charge is 0.444 e. The van der Waals surface area contributed by atoms with Gasteiger partial charge in [-0.2, -0.15) is 0 Å². The van der Waals surface area contributed by atoms with Gasteiger partial charge in [-0.05, 0) is 51.1 Å². The van der Waals surface area contributed by atoms with Crippen molar-refractivity contribution in [2.45, 2.75) is 26.4 Å². The SMILES string of the molecule is CC(C)(C)OC(=O)NC1=N/C(=C/c2ccc3ncccc3n2)C(=O)N1. The zero-order valence-electron chi connectivity index (χ0n) is 14.0. The Morgan fingerprint density at radius 3 is 2.80 bits per heavy atom. The van der Waals surface area contributed by atoms with Gasteiger partial charge in [0.2, 0.25) is 5.96 Å². The van der Waals surface area contributed by atoms with Gasteiger partial charge < -0.3 is 4.74 Å². The lowest BCUT2D eigenvalue weighted by atomic mass is 10.2. The molecule has 0 bridgehead atoms. The van der Waals surface area contributed by atoms with Crippen molar-refractivity contribution in [1.82, 2.24) is 20.6 Å². The molecule has 0 aromatic carbocycles. The summed E-state index contributed by atoms with van der Waals surface area (Å²) in [5.41, 5.74) is 1.53. The second kappa shape index (κ2) is 6.31. The van der Waals surface area contributed by atoms with Crippen LogP contribution in [0.2, 0.25) is 0 Å². The number of hydrogen-bond acceptors (Lipinski definition) is 6. The van der Waals surface area contributed by atoms with Crippen molar-refractivity contribution >= 4 is 35.1 Å². The zero-order chi connectivity index (χ0) is 18.0. The van der Waals surface area contributed by atoms with E-state index in [1.807, 2.05) is 12.1 Å². The average Bonchev–Trinajstić information content (AvgIpc) is 2.84. The minimum absolute atomic E-state index is 0.0213. The Bertz CT molecular complexity index is 912. The Morgan fingerprint density at radius 1 is 1.24 bits per heavy atom. The third kappa shape index (κ3) is 4.17. The van der Waals surface area contributed by atoms with E-state index in [1.165, 1.54) is 6.08 Å². The number of nitrogens with zero attached hydrogens (tertiary/aromatic N) is 3. The van der Waals surface area contributed by atoms with Gasteiger partial charge in [-0.1, -0.05) is 0 Å². The molecule has 2 amide bonds. The first-order valence-electron chi connectivity index (χ1n) is 7.64. The van der Waals surface area contributed by atoms with Crippen LogP contribution in [0.5, 0.6) is 0 Å². The van der Waals surface area contributed by atoms with E-state index in [4.69, 9.17) is 4.74 Å². The molecular weight excluding hydrogens is 322 g/mol. The van der Waals surface area contributed by atoms with Gasteiger partial charge in [-0.15, -0.1) is 0 Å². The molecule has 3 heterocycles. The molecule has 0 spiro atoms. The van der Waals surface area contributed by atoms with E-state index >= 15 is 0 Å². The maximum atomic E-state index is 12.0. The lowest BCUT2D eigenvalue weighted by Gasteiger charge is -2.19. The topological polar surface area (TPSA) is 106 Å². The van der Waals surface area contributed by atoms with E-state index in [0.29, 0.717) is 11.2 Å². The molecule has 0 radical (unpaired) electrons. The summed E-state index contributed by atoms with van der Waals surface area (Å²) in [6.45, 7) is 5.23. The highest BCUT2D eigenvalue weighted by Gasteiger charge is 2.24. The predicted octanol–water partition coefficient (Wildman–Crippen LogP) is 1.98. The molecule has 0 saturated carbocycles. The first-order valence-corrected chi connectivity index (χ1v) is 7.64. The van der Waals surface area contributed by atoms with Crippen LogP contribution in [0.25, 0.3) is 17.1 Å². The molecule has 2 N–H and O–H groups in total. The summed E-state index contributed by atoms with van der Waals surface area (Å²) < 4.78 is 5.12. The van der Waals surface area contributed by atoms with E-state index in [1.54, 1.807) is 39.1 Å². The minimum Gasteiger partial charge on any atom is -0.444 e. The Labute approximate surface area is 144 Å². The number of pyridine rings is 2. The van der Waals surface area contributed by atoms with Crippen molar-refractivity contribution in [3.63, 3.8) is 0 Å². The van der Waals surface area contributed by atoms with E-state index in [9.17, 15) is 9.59 Å². The summed E-state index contributed by atoms with van der Waals surface area (Å²) >= 11 is 0. The fraction of sp³-hybridized carbons (Fsp3) is 0.235. The van der Waals surface area contributed by atoms with E-state index in [2.05, 4.69) is 25.6 Å². The minimum atomic E-state index is -0.692. The van der Waals surface area contributed by atoms with Crippen molar-refractivity contribution in [1.29, 1.82) is 0 Å². The van der Waals surface area contributed by atoms with Crippen molar-refractivity contribution in [2.24, 2.45) is 4.99 Å². The van der Waals surface area contributed by atoms with Gasteiger partial charge in [0, 0.05) is 6.20 Å². The summed E-state index contributed by atoms with van der Waals surface area (Å²) in [5, 5.41) is 4.87. The average molecular weight is 339 g/mol. The Balaban J connectivity index is 1.79. The number of rotatable bonds is 1. The normalized spacial score (nSPS) is 15.9. The Kier molecular flexibility index (Phi) is 4.18. The molecule has 1 aliphatic rings. The maximum absolute atomic E-state index is 12.0. The summed E-state index contributed by atoms with van der Waals surface area (Å²) in [6.07, 6.45) is 2.53. The number of amides is 2. The summed E-state index contributed by atoms with van der Waals surface area (Å²) in [7, 11) is 0. The smallest absolute Gasteiger partial charge is 0.414 e. The van der Waals surface area contributed by atoms with Gasteiger partial charge in [-0.25, -0.2) is 14.8 Å². The van der Waals surface area contributed by atoms with E-state index < -0.39 is 17.6 Å². The van der Waals surface area contributed by atoms with Crippen molar-refractivity contribution in [2.75, 3.05) is 0 Å². The highest BCUT2D eigenvalue weighted by atomic mass is 16.6. The third-order valence-electron chi connectivity index (χ3n) is 3.08. The molecule has 3 rings (SSSR count). The van der Waals surface area contributed by atoms with Crippen LogP contribution in [0.4, 0.5) is 4.79 Å². The van der Waals surface area contributed by atoms with Gasteiger partial charge >= 0.3 is 6.09 Å². The molecule has 0 aliphatic carbocycles. The van der Waals surface area contributed by atoms with Gasteiger partial charge in [0.25, 0.3) is 5.91 Å². The van der Waals surface area contributed by atoms with Crippen LogP contribution >= 0.6 is 0 Å². The number of hydrogen-bond donors (Lipinski definition) is 2. The van der Waals surface area contributed by atoms with Crippen LogP contribution in [-0.4, -0.2) is 33.5 Å². The van der Waals surface area contributed by atoms with E-state index in [0.717, 1.165) is 5.52 Å². The second-order valence-corrected chi connectivity index (χ2v) is 6.35. The quantitative estimate of drug-likeness (QED) is 0.773. The molecule has 0 atom stereocenters. The molecule has 8 nitrogen and oxygen atoms in total. The van der Waals surface area contributed by atoms with Gasteiger partial charge in [0.15, 0.2) is 0 Å². The van der Waals surface area contributed by atoms with Crippen LogP contribution < -0.4 is 10.6 Å². The van der Waals surface area contributed by atoms with Crippen LogP contribution in [0.3, 0.4) is 0 Å². The number of alkyl carbamates (subject to hydrolysis) is 1. The highest BCUT2D eigenvalue weighted by molar-refractivity contribution is 6.16. The second-order valence-electron chi connectivity index (χ2n) is 6.35. The Hall–Kier alpha value is -3.29. The van der Waals surface area contributed by atoms with Crippen molar-refractivity contribution < 1.29 is 14.3 Å². The number of fused-ring (bicyclic) bond motifs is 1. The van der Waals surface area contributed by atoms with Crippen LogP contribution in [0.1, 0.15) is 26.5 Å². The summed E-state index contributed by atoms with van der Waals surface area (Å²) in [4.78, 5) is 36.4. The number of aliphatic imine (C=N–C) groups is 1. The van der Waals surface area contributed by atoms with Crippen LogP contribution in [0, 0.1) is 0 Å². The monoisotopic (exact) mass is 339 g/mol. The van der Waals surface area contributed by atoms with Gasteiger partial charge in [-0.3, -0.25) is 20.4 Å². The molecular formula is C17H17N5O3. The lowest BCUT2D eigenvalue weighted by Crippen LogP contribution is -2.42.